The fourth-order valence-corrected chi connectivity index (χ4v) is 5.23. The number of rotatable bonds is 8. The quantitative estimate of drug-likeness (QED) is 0.721. The maximum Gasteiger partial charge on any atom is 0.261 e. The standard InChI is InChI=1S/C18H25N3O4S2/c1-5-21(6-2)27(24,25)16-12-13-18(20(3)4)17(14-16)19-26(22,23)15-10-8-7-9-11-15/h7-14,19H,5-6H2,1-4H3. The summed E-state index contributed by atoms with van der Waals surface area (Å²) in [4.78, 5) is 1.87. The molecule has 0 aliphatic carbocycles. The van der Waals surface area contributed by atoms with E-state index in [2.05, 4.69) is 4.72 Å². The Labute approximate surface area is 161 Å². The van der Waals surface area contributed by atoms with Crippen molar-refractivity contribution >= 4 is 31.4 Å². The third-order valence-corrected chi connectivity index (χ3v) is 7.52. The van der Waals surface area contributed by atoms with Crippen LogP contribution in [0.5, 0.6) is 0 Å². The molecule has 0 saturated heterocycles. The van der Waals surface area contributed by atoms with Crippen LogP contribution in [-0.2, 0) is 20.0 Å². The van der Waals surface area contributed by atoms with Gasteiger partial charge in [0.1, 0.15) is 0 Å². The van der Waals surface area contributed by atoms with E-state index in [0.29, 0.717) is 18.8 Å². The number of nitrogens with zero attached hydrogens (tertiary/aromatic N) is 2. The Morgan fingerprint density at radius 3 is 1.96 bits per heavy atom. The van der Waals surface area contributed by atoms with Crippen LogP contribution in [0.1, 0.15) is 13.8 Å². The Bertz CT molecular complexity index is 985. The molecule has 148 valence electrons. The first kappa shape index (κ1) is 21.2. The first-order valence-corrected chi connectivity index (χ1v) is 11.4. The molecule has 0 bridgehead atoms. The molecule has 0 saturated carbocycles. The van der Waals surface area contributed by atoms with Crippen molar-refractivity contribution in [3.8, 4) is 0 Å². The number of nitrogens with one attached hydrogen (secondary N) is 1. The minimum Gasteiger partial charge on any atom is -0.376 e. The lowest BCUT2D eigenvalue weighted by atomic mass is 10.2. The molecule has 0 amide bonds. The second-order valence-corrected chi connectivity index (χ2v) is 9.70. The Morgan fingerprint density at radius 2 is 1.44 bits per heavy atom. The van der Waals surface area contributed by atoms with Gasteiger partial charge < -0.3 is 4.90 Å². The average Bonchev–Trinajstić information content (AvgIpc) is 2.62. The molecule has 0 aromatic heterocycles. The normalized spacial score (nSPS) is 12.2. The average molecular weight is 412 g/mol. The van der Waals surface area contributed by atoms with Crippen LogP contribution in [0.15, 0.2) is 58.3 Å². The van der Waals surface area contributed by atoms with E-state index >= 15 is 0 Å². The lowest BCUT2D eigenvalue weighted by Crippen LogP contribution is -2.30. The molecule has 1 N–H and O–H groups in total. The van der Waals surface area contributed by atoms with Crippen molar-refractivity contribution in [1.29, 1.82) is 0 Å². The first-order chi connectivity index (χ1) is 12.6. The molecular formula is C18H25N3O4S2. The summed E-state index contributed by atoms with van der Waals surface area (Å²) in [6, 6.07) is 12.4. The molecule has 0 atom stereocenters. The van der Waals surface area contributed by atoms with Crippen molar-refractivity contribution in [1.82, 2.24) is 4.31 Å². The van der Waals surface area contributed by atoms with Crippen LogP contribution in [0, 0.1) is 0 Å². The summed E-state index contributed by atoms with van der Waals surface area (Å²) in [5.74, 6) is 0. The maximum absolute atomic E-state index is 12.8. The molecule has 0 unspecified atom stereocenters. The Kier molecular flexibility index (Phi) is 6.50. The van der Waals surface area contributed by atoms with Crippen LogP contribution in [-0.4, -0.2) is 48.3 Å². The second-order valence-electron chi connectivity index (χ2n) is 6.08. The van der Waals surface area contributed by atoms with E-state index in [4.69, 9.17) is 0 Å². The van der Waals surface area contributed by atoms with E-state index in [1.165, 1.54) is 28.6 Å². The highest BCUT2D eigenvalue weighted by Gasteiger charge is 2.24. The van der Waals surface area contributed by atoms with Crippen LogP contribution < -0.4 is 9.62 Å². The largest absolute Gasteiger partial charge is 0.376 e. The van der Waals surface area contributed by atoms with Gasteiger partial charge in [0.25, 0.3) is 10.0 Å². The molecule has 0 spiro atoms. The second kappa shape index (κ2) is 8.28. The van der Waals surface area contributed by atoms with Gasteiger partial charge in [-0.05, 0) is 30.3 Å². The summed E-state index contributed by atoms with van der Waals surface area (Å²) in [5, 5.41) is 0. The predicted molar refractivity (Wildman–Crippen MR) is 108 cm³/mol. The fourth-order valence-electron chi connectivity index (χ4n) is 2.66. The van der Waals surface area contributed by atoms with E-state index in [1.807, 2.05) is 0 Å². The van der Waals surface area contributed by atoms with Gasteiger partial charge in [0.2, 0.25) is 10.0 Å². The number of hydrogen-bond donors (Lipinski definition) is 1. The lowest BCUT2D eigenvalue weighted by Gasteiger charge is -2.22. The van der Waals surface area contributed by atoms with Gasteiger partial charge in [-0.25, -0.2) is 16.8 Å². The molecule has 0 fully saturated rings. The van der Waals surface area contributed by atoms with Crippen LogP contribution >= 0.6 is 0 Å². The zero-order valence-electron chi connectivity index (χ0n) is 15.9. The molecule has 0 aliphatic heterocycles. The third-order valence-electron chi connectivity index (χ3n) is 4.09. The Morgan fingerprint density at radius 1 is 0.852 bits per heavy atom. The summed E-state index contributed by atoms with van der Waals surface area (Å²) < 4.78 is 54.8. The third kappa shape index (κ3) is 4.60. The van der Waals surface area contributed by atoms with Crippen LogP contribution in [0.4, 0.5) is 11.4 Å². The van der Waals surface area contributed by atoms with Gasteiger partial charge in [0.05, 0.1) is 21.2 Å². The van der Waals surface area contributed by atoms with Crippen molar-refractivity contribution in [2.24, 2.45) is 0 Å². The topological polar surface area (TPSA) is 86.8 Å². The van der Waals surface area contributed by atoms with Gasteiger partial charge in [-0.2, -0.15) is 4.31 Å². The zero-order chi connectivity index (χ0) is 20.2. The van der Waals surface area contributed by atoms with Gasteiger partial charge in [0, 0.05) is 27.2 Å². The minimum absolute atomic E-state index is 0.0440. The van der Waals surface area contributed by atoms with Crippen LogP contribution in [0.2, 0.25) is 0 Å². The predicted octanol–water partition coefficient (Wildman–Crippen LogP) is 2.58. The maximum atomic E-state index is 12.8. The van der Waals surface area contributed by atoms with Crippen molar-refractivity contribution in [3.63, 3.8) is 0 Å². The van der Waals surface area contributed by atoms with Gasteiger partial charge >= 0.3 is 0 Å². The highest BCUT2D eigenvalue weighted by molar-refractivity contribution is 7.92. The fraction of sp³-hybridized carbons (Fsp3) is 0.333. The summed E-state index contributed by atoms with van der Waals surface area (Å²) in [6.45, 7) is 4.18. The Balaban J connectivity index is 2.55. The van der Waals surface area contributed by atoms with Gasteiger partial charge in [-0.15, -0.1) is 0 Å². The molecule has 0 radical (unpaired) electrons. The van der Waals surface area contributed by atoms with Gasteiger partial charge in [-0.3, -0.25) is 4.72 Å². The first-order valence-electron chi connectivity index (χ1n) is 8.53. The molecule has 2 aromatic rings. The summed E-state index contributed by atoms with van der Waals surface area (Å²) in [5.41, 5.74) is 0.769. The molecule has 2 rings (SSSR count). The van der Waals surface area contributed by atoms with Crippen LogP contribution in [0.25, 0.3) is 0 Å². The van der Waals surface area contributed by atoms with E-state index in [-0.39, 0.29) is 15.5 Å². The van der Waals surface area contributed by atoms with Crippen molar-refractivity contribution < 1.29 is 16.8 Å². The number of benzene rings is 2. The smallest absolute Gasteiger partial charge is 0.261 e. The van der Waals surface area contributed by atoms with E-state index < -0.39 is 20.0 Å². The van der Waals surface area contributed by atoms with E-state index in [0.717, 1.165) is 0 Å². The molecule has 7 nitrogen and oxygen atoms in total. The monoisotopic (exact) mass is 411 g/mol. The molecule has 9 heteroatoms. The molecular weight excluding hydrogens is 386 g/mol. The van der Waals surface area contributed by atoms with Crippen molar-refractivity contribution in [3.05, 3.63) is 48.5 Å². The van der Waals surface area contributed by atoms with Crippen molar-refractivity contribution in [2.75, 3.05) is 36.8 Å². The summed E-state index contributed by atoms with van der Waals surface area (Å²) >= 11 is 0. The van der Waals surface area contributed by atoms with E-state index in [9.17, 15) is 16.8 Å². The van der Waals surface area contributed by atoms with Crippen LogP contribution in [0.3, 0.4) is 0 Å². The zero-order valence-corrected chi connectivity index (χ0v) is 17.5. The summed E-state index contributed by atoms with van der Waals surface area (Å²) in [6.07, 6.45) is 0. The SMILES string of the molecule is CCN(CC)S(=O)(=O)c1ccc(N(C)C)c(NS(=O)(=O)c2ccccc2)c1. The molecule has 0 heterocycles. The van der Waals surface area contributed by atoms with Crippen molar-refractivity contribution in [2.45, 2.75) is 23.6 Å². The number of sulfonamides is 2. The van der Waals surface area contributed by atoms with E-state index in [1.54, 1.807) is 57.1 Å². The van der Waals surface area contributed by atoms with Gasteiger partial charge in [-0.1, -0.05) is 32.0 Å². The molecule has 27 heavy (non-hydrogen) atoms. The highest BCUT2D eigenvalue weighted by Crippen LogP contribution is 2.30. The molecule has 2 aromatic carbocycles. The summed E-state index contributed by atoms with van der Waals surface area (Å²) in [7, 11) is -4.04. The highest BCUT2D eigenvalue weighted by atomic mass is 32.2. The number of anilines is 2. The minimum atomic E-state index is -3.85. The Hall–Kier alpha value is -2.10. The lowest BCUT2D eigenvalue weighted by molar-refractivity contribution is 0.445. The van der Waals surface area contributed by atoms with Gasteiger partial charge in [0.15, 0.2) is 0 Å². The molecule has 0 aliphatic rings. The number of hydrogen-bond acceptors (Lipinski definition) is 5.